The second-order valence-electron chi connectivity index (χ2n) is 15.4. The van der Waals surface area contributed by atoms with Crippen LogP contribution in [-0.4, -0.2) is 15.8 Å². The zero-order chi connectivity index (χ0) is 36.8. The van der Waals surface area contributed by atoms with E-state index in [9.17, 15) is 0 Å². The molecule has 11 aromatic rings. The molecule has 5 heterocycles. The van der Waals surface area contributed by atoms with E-state index >= 15 is 0 Å². The summed E-state index contributed by atoms with van der Waals surface area (Å²) in [4.78, 5) is 0. The van der Waals surface area contributed by atoms with Crippen molar-refractivity contribution in [2.24, 2.45) is 0 Å². The van der Waals surface area contributed by atoms with Gasteiger partial charge in [-0.05, 0) is 78.4 Å². The maximum Gasteiger partial charge on any atom is 0.260 e. The number of ether oxygens (including phenoxy) is 2. The Morgan fingerprint density at radius 2 is 0.964 bits per heavy atom. The molecule has 0 fully saturated rings. The van der Waals surface area contributed by atoms with Crippen LogP contribution in [0.3, 0.4) is 0 Å². The van der Waals surface area contributed by atoms with E-state index in [4.69, 9.17) is 13.9 Å². The van der Waals surface area contributed by atoms with Gasteiger partial charge in [0.05, 0.1) is 38.5 Å². The molecule has 0 saturated carbocycles. The van der Waals surface area contributed by atoms with Crippen LogP contribution in [0.15, 0.2) is 156 Å². The first kappa shape index (κ1) is 30.2. The van der Waals surface area contributed by atoms with E-state index in [0.29, 0.717) is 0 Å². The van der Waals surface area contributed by atoms with Gasteiger partial charge in [-0.1, -0.05) is 97.1 Å². The molecule has 3 aromatic heterocycles. The van der Waals surface area contributed by atoms with E-state index in [-0.39, 0.29) is 6.71 Å². The summed E-state index contributed by atoms with van der Waals surface area (Å²) in [5.74, 6) is 3.40. The van der Waals surface area contributed by atoms with Gasteiger partial charge in [0.1, 0.15) is 34.2 Å². The minimum Gasteiger partial charge on any atom is -0.458 e. The number of furan rings is 1. The molecule has 262 valence electrons. The Hall–Kier alpha value is -7.18. The third kappa shape index (κ3) is 3.85. The molecule has 0 atom stereocenters. The fraction of sp³-hybridized carbons (Fsp3) is 0.0400. The van der Waals surface area contributed by atoms with E-state index in [1.54, 1.807) is 0 Å². The Morgan fingerprint density at radius 1 is 0.446 bits per heavy atom. The lowest BCUT2D eigenvalue weighted by molar-refractivity contribution is 0.464. The van der Waals surface area contributed by atoms with Crippen LogP contribution in [0.4, 0.5) is 0 Å². The van der Waals surface area contributed by atoms with Crippen molar-refractivity contribution in [2.75, 3.05) is 0 Å². The maximum atomic E-state index is 7.00. The van der Waals surface area contributed by atoms with Gasteiger partial charge in [-0.25, -0.2) is 0 Å². The molecule has 0 bridgehead atoms. The number of hydrogen-bond donors (Lipinski definition) is 0. The first-order chi connectivity index (χ1) is 27.6. The van der Waals surface area contributed by atoms with Gasteiger partial charge in [0.15, 0.2) is 0 Å². The van der Waals surface area contributed by atoms with Gasteiger partial charge in [0.25, 0.3) is 6.71 Å². The molecule has 0 amide bonds. The van der Waals surface area contributed by atoms with Crippen LogP contribution >= 0.6 is 0 Å². The topological polar surface area (TPSA) is 41.5 Å². The van der Waals surface area contributed by atoms with Crippen LogP contribution in [0.25, 0.3) is 76.9 Å². The molecule has 0 N–H and O–H groups in total. The second-order valence-corrected chi connectivity index (χ2v) is 15.4. The fourth-order valence-electron chi connectivity index (χ4n) is 9.82. The normalized spacial score (nSPS) is 13.1. The first-order valence-electron chi connectivity index (χ1n) is 19.2. The molecule has 0 unspecified atom stereocenters. The molecule has 5 nitrogen and oxygen atoms in total. The van der Waals surface area contributed by atoms with Crippen molar-refractivity contribution in [2.45, 2.75) is 13.8 Å². The summed E-state index contributed by atoms with van der Waals surface area (Å²) in [7, 11) is 0. The predicted octanol–water partition coefficient (Wildman–Crippen LogP) is 11.1. The predicted molar refractivity (Wildman–Crippen MR) is 230 cm³/mol. The molecule has 0 aliphatic carbocycles. The number of aryl methyl sites for hydroxylation is 2. The SMILES string of the molecule is Cc1ccc2c(c1)Oc1cc(-n3c4ccccc4c4c5c(c6ccccc6n5-c5ccccc5)c5oc6ccccc6c5c43)cc3c1B2c1ccc(C)cc1O3. The summed E-state index contributed by atoms with van der Waals surface area (Å²) in [6, 6.07) is 54.2. The Labute approximate surface area is 321 Å². The highest BCUT2D eigenvalue weighted by Crippen LogP contribution is 2.50. The Morgan fingerprint density at radius 3 is 1.61 bits per heavy atom. The third-order valence-corrected chi connectivity index (χ3v) is 12.1. The molecule has 13 rings (SSSR count). The van der Waals surface area contributed by atoms with Gasteiger partial charge in [0.2, 0.25) is 0 Å². The zero-order valence-electron chi connectivity index (χ0n) is 30.6. The number of rotatable bonds is 2. The summed E-state index contributed by atoms with van der Waals surface area (Å²) in [6.45, 7) is 4.23. The summed E-state index contributed by atoms with van der Waals surface area (Å²) in [5, 5.41) is 6.76. The van der Waals surface area contributed by atoms with Crippen LogP contribution in [0.1, 0.15) is 11.1 Å². The lowest BCUT2D eigenvalue weighted by atomic mass is 9.35. The van der Waals surface area contributed by atoms with Gasteiger partial charge < -0.3 is 23.0 Å². The number of aromatic nitrogens is 2. The molecule has 2 aliphatic rings. The van der Waals surface area contributed by atoms with Crippen LogP contribution in [0.2, 0.25) is 0 Å². The smallest absolute Gasteiger partial charge is 0.260 e. The number of nitrogens with zero attached hydrogens (tertiary/aromatic N) is 2. The van der Waals surface area contributed by atoms with Crippen LogP contribution in [-0.2, 0) is 0 Å². The lowest BCUT2D eigenvalue weighted by Gasteiger charge is -2.33. The van der Waals surface area contributed by atoms with Crippen molar-refractivity contribution in [3.63, 3.8) is 0 Å². The van der Waals surface area contributed by atoms with Crippen LogP contribution < -0.4 is 25.9 Å². The summed E-state index contributed by atoms with van der Waals surface area (Å²) >= 11 is 0. The fourth-order valence-corrected chi connectivity index (χ4v) is 9.82. The van der Waals surface area contributed by atoms with Gasteiger partial charge in [-0.2, -0.15) is 0 Å². The monoisotopic (exact) mass is 718 g/mol. The minimum absolute atomic E-state index is 0.00775. The first-order valence-corrected chi connectivity index (χ1v) is 19.2. The molecule has 0 saturated heterocycles. The average Bonchev–Trinajstić information content (AvgIpc) is 3.88. The highest BCUT2D eigenvalue weighted by Gasteiger charge is 2.41. The molecule has 6 heteroatoms. The molecule has 2 aliphatic heterocycles. The van der Waals surface area contributed by atoms with Crippen molar-refractivity contribution in [3.8, 4) is 34.4 Å². The Balaban J connectivity index is 1.23. The van der Waals surface area contributed by atoms with Crippen molar-refractivity contribution in [1.29, 1.82) is 0 Å². The molecule has 0 radical (unpaired) electrons. The maximum absolute atomic E-state index is 7.00. The largest absolute Gasteiger partial charge is 0.458 e. The summed E-state index contributed by atoms with van der Waals surface area (Å²) < 4.78 is 25.7. The highest BCUT2D eigenvalue weighted by atomic mass is 16.5. The zero-order valence-corrected chi connectivity index (χ0v) is 30.6. The molecular formula is C50H31BN2O3. The molecule has 56 heavy (non-hydrogen) atoms. The number of hydrogen-bond acceptors (Lipinski definition) is 3. The summed E-state index contributed by atoms with van der Waals surface area (Å²) in [5.41, 5.74) is 13.9. The quantitative estimate of drug-likeness (QED) is 0.167. The standard InChI is InChI=1S/C50H31BN2O3/c1-28-20-22-35-40(24-28)54-42-26-31(27-43-47(42)51(35)36-23-21-29(2)25-41(36)55-43)53-37-17-9-6-14-32(37)44-48-45(50-46(49(44)53)34-16-8-11-19-39(34)56-50)33-15-7-10-18-38(33)52(48)30-12-4-3-5-13-30/h3-27H,1-2H3. The van der Waals surface area contributed by atoms with Crippen LogP contribution in [0.5, 0.6) is 23.0 Å². The lowest BCUT2D eigenvalue weighted by Crippen LogP contribution is -2.57. The van der Waals surface area contributed by atoms with Gasteiger partial charge in [-0.15, -0.1) is 0 Å². The van der Waals surface area contributed by atoms with Crippen molar-refractivity contribution in [3.05, 3.63) is 163 Å². The average molecular weight is 719 g/mol. The molecular weight excluding hydrogens is 687 g/mol. The van der Waals surface area contributed by atoms with E-state index in [2.05, 4.69) is 175 Å². The Kier molecular flexibility index (Phi) is 5.79. The van der Waals surface area contributed by atoms with Gasteiger partial charge >= 0.3 is 0 Å². The Bertz CT molecular complexity index is 3440. The summed E-state index contributed by atoms with van der Waals surface area (Å²) in [6.07, 6.45) is 0. The number of fused-ring (bicyclic) bond motifs is 16. The van der Waals surface area contributed by atoms with Crippen molar-refractivity contribution >= 4 is 88.7 Å². The van der Waals surface area contributed by atoms with Crippen molar-refractivity contribution in [1.82, 2.24) is 9.13 Å². The van der Waals surface area contributed by atoms with Gasteiger partial charge in [-0.3, -0.25) is 0 Å². The van der Waals surface area contributed by atoms with Crippen LogP contribution in [0, 0.1) is 13.8 Å². The minimum atomic E-state index is -0.00775. The van der Waals surface area contributed by atoms with E-state index in [1.165, 1.54) is 5.39 Å². The van der Waals surface area contributed by atoms with E-state index in [0.717, 1.165) is 122 Å². The molecule has 8 aromatic carbocycles. The third-order valence-electron chi connectivity index (χ3n) is 12.1. The van der Waals surface area contributed by atoms with Crippen molar-refractivity contribution < 1.29 is 13.9 Å². The van der Waals surface area contributed by atoms with E-state index in [1.807, 2.05) is 0 Å². The molecule has 0 spiro atoms. The highest BCUT2D eigenvalue weighted by molar-refractivity contribution is 6.98. The van der Waals surface area contributed by atoms with E-state index < -0.39 is 0 Å². The number of para-hydroxylation sites is 4. The number of benzene rings is 8. The second kappa shape index (κ2) is 10.7. The van der Waals surface area contributed by atoms with Gasteiger partial charge in [0, 0.05) is 44.8 Å².